The first-order valence-electron chi connectivity index (χ1n) is 7.76. The Labute approximate surface area is 151 Å². The lowest BCUT2D eigenvalue weighted by atomic mass is 10.2. The molecular formula is C18H14F3NO5. The van der Waals surface area contributed by atoms with Crippen molar-refractivity contribution in [3.8, 4) is 17.6 Å². The Balaban J connectivity index is 1.72. The third-order valence-electron chi connectivity index (χ3n) is 3.57. The van der Waals surface area contributed by atoms with E-state index in [4.69, 9.17) is 13.9 Å². The molecule has 1 unspecified atom stereocenters. The SMILES string of the molecule is COC(=O)C(C)Oc1ccc(Oc2nc3ccc(C(F)(F)F)cc3o2)cc1. The van der Waals surface area contributed by atoms with Crippen molar-refractivity contribution in [2.75, 3.05) is 7.11 Å². The molecule has 142 valence electrons. The summed E-state index contributed by atoms with van der Waals surface area (Å²) in [4.78, 5) is 15.3. The van der Waals surface area contributed by atoms with Gasteiger partial charge in [-0.2, -0.15) is 18.2 Å². The molecule has 0 saturated carbocycles. The van der Waals surface area contributed by atoms with Gasteiger partial charge in [0.25, 0.3) is 0 Å². The van der Waals surface area contributed by atoms with E-state index in [1.165, 1.54) is 25.3 Å². The molecule has 0 amide bonds. The molecule has 0 saturated heterocycles. The van der Waals surface area contributed by atoms with Crippen molar-refractivity contribution in [2.24, 2.45) is 0 Å². The van der Waals surface area contributed by atoms with Gasteiger partial charge < -0.3 is 18.6 Å². The van der Waals surface area contributed by atoms with Crippen LogP contribution in [0.1, 0.15) is 12.5 Å². The number of alkyl halides is 3. The lowest BCUT2D eigenvalue weighted by Crippen LogP contribution is -2.24. The molecule has 2 aromatic carbocycles. The van der Waals surface area contributed by atoms with Gasteiger partial charge in [0, 0.05) is 0 Å². The second kappa shape index (κ2) is 7.18. The van der Waals surface area contributed by atoms with Crippen LogP contribution in [0.2, 0.25) is 0 Å². The number of benzene rings is 2. The fourth-order valence-electron chi connectivity index (χ4n) is 2.23. The van der Waals surface area contributed by atoms with E-state index in [0.717, 1.165) is 12.1 Å². The number of ether oxygens (including phenoxy) is 3. The van der Waals surface area contributed by atoms with Crippen LogP contribution in [-0.4, -0.2) is 24.2 Å². The number of halogens is 3. The Hall–Kier alpha value is -3.23. The molecule has 0 spiro atoms. The number of rotatable bonds is 5. The first-order valence-corrected chi connectivity index (χ1v) is 7.76. The van der Waals surface area contributed by atoms with Crippen LogP contribution in [-0.2, 0) is 15.7 Å². The van der Waals surface area contributed by atoms with Gasteiger partial charge >= 0.3 is 18.2 Å². The van der Waals surface area contributed by atoms with Gasteiger partial charge in [-0.25, -0.2) is 4.79 Å². The number of oxazole rings is 1. The Morgan fingerprint density at radius 3 is 2.41 bits per heavy atom. The zero-order valence-electron chi connectivity index (χ0n) is 14.2. The largest absolute Gasteiger partial charge is 0.479 e. The summed E-state index contributed by atoms with van der Waals surface area (Å²) in [5.41, 5.74) is -0.629. The molecule has 0 fully saturated rings. The molecular weight excluding hydrogens is 367 g/mol. The summed E-state index contributed by atoms with van der Waals surface area (Å²) in [5.74, 6) is 0.225. The molecule has 0 bridgehead atoms. The number of fused-ring (bicyclic) bond motifs is 1. The standard InChI is InChI=1S/C18H14F3NO5/c1-10(16(23)24-2)25-12-4-6-13(7-5-12)26-17-22-14-8-3-11(18(19,20)21)9-15(14)27-17/h3-10H,1-2H3. The van der Waals surface area contributed by atoms with Crippen molar-refractivity contribution < 1.29 is 36.6 Å². The van der Waals surface area contributed by atoms with E-state index in [1.54, 1.807) is 19.1 Å². The van der Waals surface area contributed by atoms with Crippen molar-refractivity contribution in [3.05, 3.63) is 48.0 Å². The van der Waals surface area contributed by atoms with Crippen LogP contribution in [0.15, 0.2) is 46.9 Å². The van der Waals surface area contributed by atoms with Crippen LogP contribution >= 0.6 is 0 Å². The van der Waals surface area contributed by atoms with E-state index in [9.17, 15) is 18.0 Å². The summed E-state index contributed by atoms with van der Waals surface area (Å²) in [6, 6.07) is 9.17. The molecule has 1 atom stereocenters. The molecule has 0 radical (unpaired) electrons. The molecule has 3 aromatic rings. The van der Waals surface area contributed by atoms with Gasteiger partial charge in [-0.3, -0.25) is 0 Å². The third-order valence-corrected chi connectivity index (χ3v) is 3.57. The smallest absolute Gasteiger partial charge is 0.416 e. The van der Waals surface area contributed by atoms with Crippen LogP contribution in [0.3, 0.4) is 0 Å². The minimum absolute atomic E-state index is 0.0355. The molecule has 0 N–H and O–H groups in total. The molecule has 6 nitrogen and oxygen atoms in total. The minimum atomic E-state index is -4.47. The predicted molar refractivity (Wildman–Crippen MR) is 87.6 cm³/mol. The fraction of sp³-hybridized carbons (Fsp3) is 0.222. The zero-order chi connectivity index (χ0) is 19.6. The van der Waals surface area contributed by atoms with E-state index < -0.39 is 23.8 Å². The second-order valence-corrected chi connectivity index (χ2v) is 5.52. The van der Waals surface area contributed by atoms with Gasteiger partial charge in [-0.05, 0) is 49.4 Å². The molecule has 0 aliphatic carbocycles. The van der Waals surface area contributed by atoms with E-state index in [-0.39, 0.29) is 17.2 Å². The Morgan fingerprint density at radius 1 is 1.11 bits per heavy atom. The quantitative estimate of drug-likeness (QED) is 0.603. The van der Waals surface area contributed by atoms with E-state index in [2.05, 4.69) is 9.72 Å². The maximum Gasteiger partial charge on any atom is 0.416 e. The summed E-state index contributed by atoms with van der Waals surface area (Å²) in [6.45, 7) is 1.55. The van der Waals surface area contributed by atoms with Gasteiger partial charge in [0.1, 0.15) is 17.0 Å². The summed E-state index contributed by atoms with van der Waals surface area (Å²) in [5, 5.41) is 0. The van der Waals surface area contributed by atoms with Gasteiger partial charge in [0.2, 0.25) is 0 Å². The highest BCUT2D eigenvalue weighted by Crippen LogP contribution is 2.33. The van der Waals surface area contributed by atoms with Crippen LogP contribution in [0, 0.1) is 0 Å². The van der Waals surface area contributed by atoms with Crippen molar-refractivity contribution in [3.63, 3.8) is 0 Å². The predicted octanol–water partition coefficient (Wildman–Crippen LogP) is 4.58. The maximum absolute atomic E-state index is 12.7. The lowest BCUT2D eigenvalue weighted by molar-refractivity contribution is -0.147. The van der Waals surface area contributed by atoms with Gasteiger partial charge in [0.15, 0.2) is 11.7 Å². The highest BCUT2D eigenvalue weighted by Gasteiger charge is 2.31. The van der Waals surface area contributed by atoms with Crippen molar-refractivity contribution in [2.45, 2.75) is 19.2 Å². The number of hydrogen-bond acceptors (Lipinski definition) is 6. The lowest BCUT2D eigenvalue weighted by Gasteiger charge is -2.12. The number of aromatic nitrogens is 1. The Kier molecular flexibility index (Phi) is 4.93. The summed E-state index contributed by atoms with van der Waals surface area (Å²) < 4.78 is 58.8. The number of carbonyl (C=O) groups is 1. The van der Waals surface area contributed by atoms with Crippen molar-refractivity contribution >= 4 is 17.1 Å². The normalized spacial score (nSPS) is 12.6. The number of methoxy groups -OCH3 is 1. The summed E-state index contributed by atoms with van der Waals surface area (Å²) in [7, 11) is 1.26. The fourth-order valence-corrected chi connectivity index (χ4v) is 2.23. The number of carbonyl (C=O) groups excluding carboxylic acids is 1. The molecule has 0 aliphatic heterocycles. The molecule has 27 heavy (non-hydrogen) atoms. The molecule has 3 rings (SSSR count). The molecule has 9 heteroatoms. The van der Waals surface area contributed by atoms with E-state index >= 15 is 0 Å². The minimum Gasteiger partial charge on any atom is -0.479 e. The first kappa shape index (κ1) is 18.6. The van der Waals surface area contributed by atoms with E-state index in [0.29, 0.717) is 11.5 Å². The first-order chi connectivity index (χ1) is 12.8. The van der Waals surface area contributed by atoms with E-state index in [1.807, 2.05) is 0 Å². The Bertz CT molecular complexity index is 950. The highest BCUT2D eigenvalue weighted by atomic mass is 19.4. The van der Waals surface area contributed by atoms with Crippen LogP contribution < -0.4 is 9.47 Å². The number of nitrogens with zero attached hydrogens (tertiary/aromatic N) is 1. The van der Waals surface area contributed by atoms with Gasteiger partial charge in [-0.1, -0.05) is 0 Å². The third kappa shape index (κ3) is 4.30. The van der Waals surface area contributed by atoms with Gasteiger partial charge in [-0.15, -0.1) is 0 Å². The number of hydrogen-bond donors (Lipinski definition) is 0. The van der Waals surface area contributed by atoms with Crippen molar-refractivity contribution in [1.82, 2.24) is 4.98 Å². The highest BCUT2D eigenvalue weighted by molar-refractivity contribution is 5.74. The second-order valence-electron chi connectivity index (χ2n) is 5.52. The Morgan fingerprint density at radius 2 is 1.78 bits per heavy atom. The molecule has 1 aromatic heterocycles. The topological polar surface area (TPSA) is 70.8 Å². The summed E-state index contributed by atoms with van der Waals surface area (Å²) in [6.07, 6.45) is -5.44. The number of esters is 1. The van der Waals surface area contributed by atoms with Crippen LogP contribution in [0.5, 0.6) is 17.6 Å². The average molecular weight is 381 g/mol. The molecule has 0 aliphatic rings. The maximum atomic E-state index is 12.7. The average Bonchev–Trinajstić information content (AvgIpc) is 3.03. The monoisotopic (exact) mass is 381 g/mol. The summed E-state index contributed by atoms with van der Waals surface area (Å²) >= 11 is 0. The zero-order valence-corrected chi connectivity index (χ0v) is 14.2. The molecule has 1 heterocycles. The van der Waals surface area contributed by atoms with Crippen LogP contribution in [0.4, 0.5) is 13.2 Å². The van der Waals surface area contributed by atoms with Gasteiger partial charge in [0.05, 0.1) is 12.7 Å². The van der Waals surface area contributed by atoms with Crippen molar-refractivity contribution in [1.29, 1.82) is 0 Å². The van der Waals surface area contributed by atoms with Crippen LogP contribution in [0.25, 0.3) is 11.1 Å².